The van der Waals surface area contributed by atoms with Crippen LogP contribution in [0.2, 0.25) is 0 Å². The lowest BCUT2D eigenvalue weighted by Crippen LogP contribution is -2.56. The molecule has 3 heteroatoms. The Bertz CT molecular complexity index is 355. The molecular weight excluding hydrogens is 314 g/mol. The number of carbonyl (C=O) groups excluding carboxylic acids is 1. The van der Waals surface area contributed by atoms with Gasteiger partial charge in [-0.15, -0.1) is 0 Å². The molecule has 0 saturated heterocycles. The van der Waals surface area contributed by atoms with Crippen molar-refractivity contribution in [2.24, 2.45) is 17.3 Å². The van der Waals surface area contributed by atoms with E-state index >= 15 is 0 Å². The number of carbonyl (C=O) groups is 1. The van der Waals surface area contributed by atoms with E-state index in [0.29, 0.717) is 5.91 Å². The van der Waals surface area contributed by atoms with Gasteiger partial charge in [0, 0.05) is 16.8 Å². The average Bonchev–Trinajstić information content (AvgIpc) is 2.38. The second-order valence-electron chi connectivity index (χ2n) is 7.89. The molecule has 3 unspecified atom stereocenters. The highest BCUT2D eigenvalue weighted by atomic mass is 79.9. The summed E-state index contributed by atoms with van der Waals surface area (Å²) in [5.74, 6) is 1.23. The van der Waals surface area contributed by atoms with Crippen molar-refractivity contribution in [3.05, 3.63) is 0 Å². The van der Waals surface area contributed by atoms with E-state index in [1.54, 1.807) is 0 Å². The molecule has 2 aliphatic rings. The van der Waals surface area contributed by atoms with Crippen molar-refractivity contribution >= 4 is 21.8 Å². The quantitative estimate of drug-likeness (QED) is 0.741. The Kier molecular flexibility index (Phi) is 5.20. The van der Waals surface area contributed by atoms with Gasteiger partial charge in [0.2, 0.25) is 5.91 Å². The third-order valence-electron chi connectivity index (χ3n) is 5.56. The van der Waals surface area contributed by atoms with Crippen LogP contribution < -0.4 is 5.32 Å². The zero-order valence-corrected chi connectivity index (χ0v) is 14.9. The summed E-state index contributed by atoms with van der Waals surface area (Å²) in [7, 11) is 0. The number of hydrogen-bond donors (Lipinski definition) is 1. The lowest BCUT2D eigenvalue weighted by Gasteiger charge is -2.43. The molecular formula is C17H30BrNO. The average molecular weight is 344 g/mol. The minimum Gasteiger partial charge on any atom is -0.350 e. The molecule has 0 heterocycles. The van der Waals surface area contributed by atoms with Crippen LogP contribution in [0.4, 0.5) is 0 Å². The van der Waals surface area contributed by atoms with Gasteiger partial charge in [-0.3, -0.25) is 4.79 Å². The molecule has 116 valence electrons. The van der Waals surface area contributed by atoms with E-state index in [-0.39, 0.29) is 16.9 Å². The molecule has 0 aromatic rings. The van der Waals surface area contributed by atoms with Gasteiger partial charge >= 0.3 is 0 Å². The summed E-state index contributed by atoms with van der Waals surface area (Å²) in [4.78, 5) is 12.8. The fraction of sp³-hybridized carbons (Fsp3) is 0.941. The maximum atomic E-state index is 12.8. The van der Waals surface area contributed by atoms with Crippen molar-refractivity contribution in [1.82, 2.24) is 5.32 Å². The molecule has 1 amide bonds. The Balaban J connectivity index is 2.05. The van der Waals surface area contributed by atoms with Gasteiger partial charge in [0.1, 0.15) is 0 Å². The summed E-state index contributed by atoms with van der Waals surface area (Å²) in [6, 6.07) is 0. The standard InChI is InChI=1S/C17H30BrNO/c1-13-7-6-10-17(11-13,12-18)19-15(20)14-8-4-5-9-16(14,2)3/h13-14H,4-12H2,1-3H3,(H,19,20). The minimum atomic E-state index is 0.00226. The first-order valence-corrected chi connectivity index (χ1v) is 9.39. The summed E-state index contributed by atoms with van der Waals surface area (Å²) in [5.41, 5.74) is 0.165. The molecule has 0 aromatic carbocycles. The van der Waals surface area contributed by atoms with Crippen LogP contribution >= 0.6 is 15.9 Å². The van der Waals surface area contributed by atoms with Crippen molar-refractivity contribution in [3.8, 4) is 0 Å². The van der Waals surface area contributed by atoms with Crippen LogP contribution in [0.3, 0.4) is 0 Å². The zero-order chi connectivity index (χ0) is 14.8. The van der Waals surface area contributed by atoms with Gasteiger partial charge in [-0.1, -0.05) is 62.4 Å². The molecule has 20 heavy (non-hydrogen) atoms. The monoisotopic (exact) mass is 343 g/mol. The van der Waals surface area contributed by atoms with E-state index in [0.717, 1.165) is 30.5 Å². The Morgan fingerprint density at radius 3 is 2.55 bits per heavy atom. The van der Waals surface area contributed by atoms with Crippen LogP contribution in [0.5, 0.6) is 0 Å². The second kappa shape index (κ2) is 6.37. The topological polar surface area (TPSA) is 29.1 Å². The lowest BCUT2D eigenvalue weighted by atomic mass is 9.68. The maximum absolute atomic E-state index is 12.8. The summed E-state index contributed by atoms with van der Waals surface area (Å²) in [5, 5.41) is 4.34. The molecule has 2 saturated carbocycles. The normalized spacial score (nSPS) is 37.4. The molecule has 2 aliphatic carbocycles. The molecule has 2 rings (SSSR count). The molecule has 0 radical (unpaired) electrons. The van der Waals surface area contributed by atoms with Crippen LogP contribution in [0.25, 0.3) is 0 Å². The third-order valence-corrected chi connectivity index (χ3v) is 6.63. The highest BCUT2D eigenvalue weighted by molar-refractivity contribution is 9.09. The maximum Gasteiger partial charge on any atom is 0.224 e. The number of halogens is 1. The van der Waals surface area contributed by atoms with Crippen molar-refractivity contribution in [2.75, 3.05) is 5.33 Å². The molecule has 1 N–H and O–H groups in total. The molecule has 0 aliphatic heterocycles. The fourth-order valence-corrected chi connectivity index (χ4v) is 4.91. The molecule has 2 fully saturated rings. The van der Waals surface area contributed by atoms with E-state index in [1.807, 2.05) is 0 Å². The van der Waals surface area contributed by atoms with E-state index < -0.39 is 0 Å². The van der Waals surface area contributed by atoms with E-state index in [9.17, 15) is 4.79 Å². The van der Waals surface area contributed by atoms with Gasteiger partial charge in [-0.05, 0) is 37.0 Å². The first-order chi connectivity index (χ1) is 9.38. The summed E-state index contributed by atoms with van der Waals surface area (Å²) >= 11 is 3.66. The van der Waals surface area contributed by atoms with Crippen molar-refractivity contribution in [3.63, 3.8) is 0 Å². The predicted octanol–water partition coefficient (Wildman–Crippen LogP) is 4.66. The lowest BCUT2D eigenvalue weighted by molar-refractivity contribution is -0.132. The van der Waals surface area contributed by atoms with Crippen molar-refractivity contribution in [1.29, 1.82) is 0 Å². The Hall–Kier alpha value is -0.0500. The number of nitrogens with one attached hydrogen (secondary N) is 1. The molecule has 2 nitrogen and oxygen atoms in total. The van der Waals surface area contributed by atoms with Gasteiger partial charge in [-0.2, -0.15) is 0 Å². The summed E-state index contributed by atoms with van der Waals surface area (Å²) in [6.45, 7) is 6.84. The number of alkyl halides is 1. The Morgan fingerprint density at radius 2 is 1.95 bits per heavy atom. The van der Waals surface area contributed by atoms with Crippen LogP contribution in [-0.2, 0) is 4.79 Å². The van der Waals surface area contributed by atoms with Gasteiger partial charge in [0.05, 0.1) is 0 Å². The van der Waals surface area contributed by atoms with Crippen LogP contribution in [0.1, 0.15) is 72.1 Å². The predicted molar refractivity (Wildman–Crippen MR) is 88.0 cm³/mol. The van der Waals surface area contributed by atoms with Gasteiger partial charge < -0.3 is 5.32 Å². The van der Waals surface area contributed by atoms with Crippen molar-refractivity contribution in [2.45, 2.75) is 77.7 Å². The van der Waals surface area contributed by atoms with E-state index in [4.69, 9.17) is 0 Å². The highest BCUT2D eigenvalue weighted by Crippen LogP contribution is 2.42. The Morgan fingerprint density at radius 1 is 1.20 bits per heavy atom. The molecule has 3 atom stereocenters. The van der Waals surface area contributed by atoms with E-state index in [2.05, 4.69) is 42.0 Å². The third kappa shape index (κ3) is 3.58. The highest BCUT2D eigenvalue weighted by Gasteiger charge is 2.41. The SMILES string of the molecule is CC1CCCC(CBr)(NC(=O)C2CCCCC2(C)C)C1. The molecule has 0 spiro atoms. The zero-order valence-electron chi connectivity index (χ0n) is 13.3. The molecule has 0 bridgehead atoms. The largest absolute Gasteiger partial charge is 0.350 e. The van der Waals surface area contributed by atoms with Crippen LogP contribution in [-0.4, -0.2) is 16.8 Å². The number of amides is 1. The first-order valence-electron chi connectivity index (χ1n) is 8.27. The molecule has 0 aromatic heterocycles. The van der Waals surface area contributed by atoms with Crippen molar-refractivity contribution < 1.29 is 4.79 Å². The fourth-order valence-electron chi connectivity index (χ4n) is 4.26. The summed E-state index contributed by atoms with van der Waals surface area (Å²) < 4.78 is 0. The van der Waals surface area contributed by atoms with Crippen LogP contribution in [0.15, 0.2) is 0 Å². The van der Waals surface area contributed by atoms with Gasteiger partial charge in [0.15, 0.2) is 0 Å². The smallest absolute Gasteiger partial charge is 0.224 e. The number of rotatable bonds is 3. The van der Waals surface area contributed by atoms with Crippen LogP contribution in [0, 0.1) is 17.3 Å². The van der Waals surface area contributed by atoms with E-state index in [1.165, 1.54) is 32.1 Å². The van der Waals surface area contributed by atoms with Gasteiger partial charge in [0.25, 0.3) is 0 Å². The summed E-state index contributed by atoms with van der Waals surface area (Å²) in [6.07, 6.45) is 9.52. The minimum absolute atomic E-state index is 0.00226. The Labute approximate surface area is 132 Å². The van der Waals surface area contributed by atoms with Gasteiger partial charge in [-0.25, -0.2) is 0 Å². The second-order valence-corrected chi connectivity index (χ2v) is 8.45. The number of hydrogen-bond acceptors (Lipinski definition) is 1. The first kappa shape index (κ1) is 16.3.